The van der Waals surface area contributed by atoms with Crippen molar-refractivity contribution in [1.29, 1.82) is 0 Å². The highest BCUT2D eigenvalue weighted by Crippen LogP contribution is 2.31. The number of aryl methyl sites for hydroxylation is 1. The summed E-state index contributed by atoms with van der Waals surface area (Å²) in [4.78, 5) is 56.0. The van der Waals surface area contributed by atoms with Gasteiger partial charge in [0.05, 0.1) is 22.1 Å². The van der Waals surface area contributed by atoms with Crippen molar-refractivity contribution in [2.24, 2.45) is 5.73 Å². The topological polar surface area (TPSA) is 161 Å². The Morgan fingerprint density at radius 3 is 2.01 bits per heavy atom. The second kappa shape index (κ2) is 23.7. The summed E-state index contributed by atoms with van der Waals surface area (Å²) in [7, 11) is 1.73. The smallest absolute Gasteiger partial charge is 0.407 e. The van der Waals surface area contributed by atoms with E-state index < -0.39 is 17.7 Å². The largest absolute Gasteiger partial charge is 0.444 e. The number of para-hydroxylation sites is 4. The van der Waals surface area contributed by atoms with Crippen molar-refractivity contribution in [3.63, 3.8) is 0 Å². The van der Waals surface area contributed by atoms with E-state index in [0.29, 0.717) is 55.5 Å². The van der Waals surface area contributed by atoms with Gasteiger partial charge in [0.25, 0.3) is 0 Å². The van der Waals surface area contributed by atoms with E-state index in [4.69, 9.17) is 48.4 Å². The van der Waals surface area contributed by atoms with Gasteiger partial charge in [-0.05, 0) is 125 Å². The molecular formula is C53H66Cl2N8O5. The Morgan fingerprint density at radius 2 is 1.37 bits per heavy atom. The zero-order valence-corrected chi connectivity index (χ0v) is 41.3. The van der Waals surface area contributed by atoms with Crippen LogP contribution in [0.25, 0.3) is 22.1 Å². The lowest BCUT2D eigenvalue weighted by atomic mass is 9.96. The second-order valence-corrected chi connectivity index (χ2v) is 20.0. The van der Waals surface area contributed by atoms with E-state index >= 15 is 0 Å². The molecule has 0 spiro atoms. The minimum atomic E-state index is -0.619. The predicted molar refractivity (Wildman–Crippen MR) is 270 cm³/mol. The average molecular weight is 966 g/mol. The van der Waals surface area contributed by atoms with Crippen LogP contribution in [-0.4, -0.2) is 105 Å². The number of rotatable bonds is 15. The van der Waals surface area contributed by atoms with Gasteiger partial charge in [-0.2, -0.15) is 0 Å². The van der Waals surface area contributed by atoms with Crippen LogP contribution in [0.1, 0.15) is 100 Å². The number of nitrogens with zero attached hydrogens (tertiary/aromatic N) is 5. The monoisotopic (exact) mass is 964 g/mol. The highest BCUT2D eigenvalue weighted by Gasteiger charge is 2.31. The minimum Gasteiger partial charge on any atom is -0.444 e. The number of halogens is 2. The third-order valence-corrected chi connectivity index (χ3v) is 13.0. The molecule has 2 saturated heterocycles. The standard InChI is InChI=1S/C27H33ClN4O3.C26H33ClN4O2/c1-27(2,3)35-26(34)29-21(15-18-10-12-20(28)13-11-18)16-24(33)32-14-6-7-19(17-32)25-30-22-8-4-5-9-23(22)31-25;1-33-15-5-14-31-24-8-3-2-7-23(24)29-26(31)20-6-4-13-30(18-20)25(32)17-22(28)16-19-9-11-21(27)12-10-19/h4-5,8-13,19,21H,6-7,14-17H2,1-3H3,(H,29,34)(H,30,31);2-3,7-12,20,22H,4-6,13-18,28H2,1H3/t19?,21-;20?,22-/m11/s1. The molecule has 8 rings (SSSR count). The predicted octanol–water partition coefficient (Wildman–Crippen LogP) is 9.84. The maximum Gasteiger partial charge on any atom is 0.407 e. The number of nitrogens with one attached hydrogen (secondary N) is 2. The minimum absolute atomic E-state index is 0.0147. The lowest BCUT2D eigenvalue weighted by molar-refractivity contribution is -0.133. The number of alkyl carbamates (subject to hydrolysis) is 1. The number of H-pyrrole nitrogens is 1. The second-order valence-electron chi connectivity index (χ2n) is 19.1. The molecule has 15 heteroatoms. The van der Waals surface area contributed by atoms with Crippen molar-refractivity contribution in [2.45, 2.75) is 115 Å². The molecule has 4 heterocycles. The zero-order valence-electron chi connectivity index (χ0n) is 39.8. The van der Waals surface area contributed by atoms with Crippen LogP contribution in [0.2, 0.25) is 10.0 Å². The van der Waals surface area contributed by atoms with Gasteiger partial charge in [-0.25, -0.2) is 14.8 Å². The Hall–Kier alpha value is -5.47. The van der Waals surface area contributed by atoms with Crippen LogP contribution in [-0.2, 0) is 38.4 Å². The van der Waals surface area contributed by atoms with Crippen LogP contribution in [0.3, 0.4) is 0 Å². The number of piperidine rings is 2. The molecule has 2 aliphatic rings. The van der Waals surface area contributed by atoms with Crippen molar-refractivity contribution in [2.75, 3.05) is 39.9 Å². The zero-order chi connectivity index (χ0) is 48.2. The van der Waals surface area contributed by atoms with Crippen molar-refractivity contribution in [3.05, 3.63) is 130 Å². The normalized spacial score (nSPS) is 17.3. The molecule has 0 radical (unpaired) electrons. The lowest BCUT2D eigenvalue weighted by Crippen LogP contribution is -2.45. The summed E-state index contributed by atoms with van der Waals surface area (Å²) in [6, 6.07) is 30.7. The molecule has 2 aliphatic heterocycles. The molecule has 362 valence electrons. The Bertz CT molecular complexity index is 2560. The van der Waals surface area contributed by atoms with Gasteiger partial charge in [0.15, 0.2) is 0 Å². The van der Waals surface area contributed by atoms with Gasteiger partial charge in [0, 0.05) is 93.2 Å². The van der Waals surface area contributed by atoms with Gasteiger partial charge < -0.3 is 39.9 Å². The summed E-state index contributed by atoms with van der Waals surface area (Å²) in [5.41, 5.74) is 11.9. The van der Waals surface area contributed by atoms with Gasteiger partial charge >= 0.3 is 6.09 Å². The van der Waals surface area contributed by atoms with Gasteiger partial charge in [0.1, 0.15) is 17.2 Å². The summed E-state index contributed by atoms with van der Waals surface area (Å²) in [5.74, 6) is 2.53. The molecule has 3 amide bonds. The first-order valence-corrected chi connectivity index (χ1v) is 24.6. The third-order valence-electron chi connectivity index (χ3n) is 12.5. The molecule has 0 bridgehead atoms. The fraction of sp³-hybridized carbons (Fsp3) is 0.453. The molecular weight excluding hydrogens is 900 g/mol. The number of hydrogen-bond donors (Lipinski definition) is 3. The van der Waals surface area contributed by atoms with E-state index in [2.05, 4.69) is 33.1 Å². The van der Waals surface area contributed by atoms with Crippen LogP contribution in [0.5, 0.6) is 0 Å². The van der Waals surface area contributed by atoms with E-state index in [1.54, 1.807) is 7.11 Å². The summed E-state index contributed by atoms with van der Waals surface area (Å²) >= 11 is 12.0. The number of imidazole rings is 2. The summed E-state index contributed by atoms with van der Waals surface area (Å²) in [6.45, 7) is 9.82. The maximum atomic E-state index is 13.4. The fourth-order valence-electron chi connectivity index (χ4n) is 9.26. The lowest BCUT2D eigenvalue weighted by Gasteiger charge is -2.33. The Morgan fingerprint density at radius 1 is 0.779 bits per heavy atom. The fourth-order valence-corrected chi connectivity index (χ4v) is 9.51. The summed E-state index contributed by atoms with van der Waals surface area (Å²) in [5, 5.41) is 4.26. The highest BCUT2D eigenvalue weighted by molar-refractivity contribution is 6.30. The van der Waals surface area contributed by atoms with Crippen molar-refractivity contribution >= 4 is 63.2 Å². The number of hydrogen-bond acceptors (Lipinski definition) is 8. The van der Waals surface area contributed by atoms with Gasteiger partial charge in [-0.3, -0.25) is 9.59 Å². The number of methoxy groups -OCH3 is 1. The van der Waals surface area contributed by atoms with Crippen LogP contribution >= 0.6 is 23.2 Å². The Balaban J connectivity index is 0.000000202. The number of fused-ring (bicyclic) bond motifs is 2. The number of carbonyl (C=O) groups is 3. The van der Waals surface area contributed by atoms with Crippen molar-refractivity contribution < 1.29 is 23.9 Å². The first-order valence-electron chi connectivity index (χ1n) is 23.9. The first kappa shape index (κ1) is 50.4. The number of benzene rings is 4. The van der Waals surface area contributed by atoms with E-state index in [1.807, 2.05) is 109 Å². The molecule has 2 fully saturated rings. The van der Waals surface area contributed by atoms with Crippen LogP contribution in [0.15, 0.2) is 97.1 Å². The highest BCUT2D eigenvalue weighted by atomic mass is 35.5. The molecule has 6 aromatic rings. The Kier molecular flexibility index (Phi) is 17.6. The first-order chi connectivity index (χ1) is 32.7. The number of amides is 3. The van der Waals surface area contributed by atoms with Crippen molar-refractivity contribution in [1.82, 2.24) is 34.6 Å². The number of carbonyl (C=O) groups excluding carboxylic acids is 3. The van der Waals surface area contributed by atoms with E-state index in [1.165, 1.54) is 0 Å². The summed E-state index contributed by atoms with van der Waals surface area (Å²) < 4.78 is 13.0. The molecule has 68 heavy (non-hydrogen) atoms. The molecule has 2 aromatic heterocycles. The summed E-state index contributed by atoms with van der Waals surface area (Å²) in [6.07, 6.45) is 6.01. The van der Waals surface area contributed by atoms with Crippen LogP contribution < -0.4 is 11.1 Å². The molecule has 2 unspecified atom stereocenters. The molecule has 4 atom stereocenters. The molecule has 13 nitrogen and oxygen atoms in total. The molecule has 4 N–H and O–H groups in total. The van der Waals surface area contributed by atoms with E-state index in [9.17, 15) is 14.4 Å². The quantitative estimate of drug-likeness (QED) is 0.0858. The van der Waals surface area contributed by atoms with Crippen LogP contribution in [0, 0.1) is 0 Å². The van der Waals surface area contributed by atoms with E-state index in [0.717, 1.165) is 90.0 Å². The molecule has 0 aliphatic carbocycles. The molecule has 4 aromatic carbocycles. The van der Waals surface area contributed by atoms with Gasteiger partial charge in [0.2, 0.25) is 11.8 Å². The Labute approximate surface area is 410 Å². The third kappa shape index (κ3) is 14.3. The number of aromatic nitrogens is 4. The molecule has 0 saturated carbocycles. The average Bonchev–Trinajstić information content (AvgIpc) is 3.92. The van der Waals surface area contributed by atoms with Crippen LogP contribution in [0.4, 0.5) is 4.79 Å². The number of aromatic amines is 1. The number of likely N-dealkylation sites (tertiary alicyclic amines) is 2. The number of ether oxygens (including phenoxy) is 2. The maximum absolute atomic E-state index is 13.4. The SMILES string of the molecule is CC(C)(C)OC(=O)N[C@@H](CC(=O)N1CCCC(c2nc3ccccc3[nH]2)C1)Cc1ccc(Cl)cc1.COCCCn1c(C2CCCN(C(=O)C[C@H](N)Cc3ccc(Cl)cc3)C2)nc2ccccc21. The van der Waals surface area contributed by atoms with Gasteiger partial charge in [-0.15, -0.1) is 0 Å². The van der Waals surface area contributed by atoms with E-state index in [-0.39, 0.29) is 36.1 Å². The number of nitrogens with two attached hydrogens (primary N) is 1. The van der Waals surface area contributed by atoms with Crippen molar-refractivity contribution in [3.8, 4) is 0 Å². The van der Waals surface area contributed by atoms with Gasteiger partial charge in [-0.1, -0.05) is 71.7 Å².